The van der Waals surface area contributed by atoms with Gasteiger partial charge in [-0.1, -0.05) is 56.6 Å². The van der Waals surface area contributed by atoms with Gasteiger partial charge in [-0.05, 0) is 36.0 Å². The van der Waals surface area contributed by atoms with Crippen LogP contribution in [0, 0.1) is 6.92 Å². The maximum atomic E-state index is 6.19. The molecule has 0 fully saturated rings. The molecule has 0 radical (unpaired) electrons. The monoisotopic (exact) mass is 327 g/mol. The molecule has 4 heteroatoms. The second-order valence-corrected chi connectivity index (χ2v) is 7.36. The first kappa shape index (κ1) is 16.0. The summed E-state index contributed by atoms with van der Waals surface area (Å²) in [6, 6.07) is 10.9. The van der Waals surface area contributed by atoms with Crippen molar-refractivity contribution < 1.29 is 0 Å². The Kier molecular flexibility index (Phi) is 4.15. The molecule has 2 aromatic heterocycles. The van der Waals surface area contributed by atoms with Crippen LogP contribution < -0.4 is 0 Å². The van der Waals surface area contributed by atoms with Gasteiger partial charge in [-0.2, -0.15) is 0 Å². The lowest BCUT2D eigenvalue weighted by atomic mass is 9.86. The first-order chi connectivity index (χ1) is 10.8. The van der Waals surface area contributed by atoms with Crippen LogP contribution in [0.15, 0.2) is 36.5 Å². The minimum absolute atomic E-state index is 0.195. The SMILES string of the molecule is Cc1nc(Cl)c2ccn(CCc3ccc(C(C)(C)C)cc3)c2n1. The molecule has 0 atom stereocenters. The molecule has 120 valence electrons. The zero-order valence-corrected chi connectivity index (χ0v) is 14.9. The Morgan fingerprint density at radius 3 is 2.39 bits per heavy atom. The largest absolute Gasteiger partial charge is 0.332 e. The molecule has 0 unspecified atom stereocenters. The minimum Gasteiger partial charge on any atom is -0.332 e. The van der Waals surface area contributed by atoms with Gasteiger partial charge in [-0.25, -0.2) is 9.97 Å². The van der Waals surface area contributed by atoms with E-state index in [0.29, 0.717) is 11.0 Å². The maximum Gasteiger partial charge on any atom is 0.145 e. The molecule has 0 amide bonds. The normalized spacial score (nSPS) is 12.0. The summed E-state index contributed by atoms with van der Waals surface area (Å²) in [5, 5.41) is 1.45. The predicted octanol–water partition coefficient (Wildman–Crippen LogP) is 4.93. The van der Waals surface area contributed by atoms with Crippen LogP contribution in [0.2, 0.25) is 5.15 Å². The van der Waals surface area contributed by atoms with Gasteiger partial charge in [0.2, 0.25) is 0 Å². The lowest BCUT2D eigenvalue weighted by molar-refractivity contribution is 0.589. The summed E-state index contributed by atoms with van der Waals surface area (Å²) in [4.78, 5) is 8.73. The molecule has 0 spiro atoms. The van der Waals surface area contributed by atoms with Crippen LogP contribution in [-0.4, -0.2) is 14.5 Å². The summed E-state index contributed by atoms with van der Waals surface area (Å²) in [5.41, 5.74) is 3.80. The number of fused-ring (bicyclic) bond motifs is 1. The average molecular weight is 328 g/mol. The Labute approximate surface area is 142 Å². The van der Waals surface area contributed by atoms with Crippen LogP contribution in [0.3, 0.4) is 0 Å². The zero-order valence-electron chi connectivity index (χ0n) is 14.1. The Hall–Kier alpha value is -1.87. The van der Waals surface area contributed by atoms with E-state index in [9.17, 15) is 0 Å². The van der Waals surface area contributed by atoms with E-state index in [4.69, 9.17) is 11.6 Å². The van der Waals surface area contributed by atoms with Crippen LogP contribution in [0.1, 0.15) is 37.7 Å². The number of halogens is 1. The molecule has 3 aromatic rings. The summed E-state index contributed by atoms with van der Waals surface area (Å²) < 4.78 is 2.15. The van der Waals surface area contributed by atoms with E-state index in [1.165, 1.54) is 11.1 Å². The second kappa shape index (κ2) is 5.97. The summed E-state index contributed by atoms with van der Waals surface area (Å²) in [5.74, 6) is 0.706. The highest BCUT2D eigenvalue weighted by Gasteiger charge is 2.13. The molecule has 2 heterocycles. The molecule has 0 aliphatic carbocycles. The molecule has 0 bridgehead atoms. The van der Waals surface area contributed by atoms with Crippen molar-refractivity contribution in [1.29, 1.82) is 0 Å². The first-order valence-corrected chi connectivity index (χ1v) is 8.31. The lowest BCUT2D eigenvalue weighted by Crippen LogP contribution is -2.10. The fraction of sp³-hybridized carbons (Fsp3) is 0.368. The Balaban J connectivity index is 1.79. The number of benzene rings is 1. The van der Waals surface area contributed by atoms with E-state index in [1.54, 1.807) is 0 Å². The van der Waals surface area contributed by atoms with E-state index in [-0.39, 0.29) is 5.41 Å². The van der Waals surface area contributed by atoms with Gasteiger partial charge in [0.1, 0.15) is 16.6 Å². The molecule has 0 aliphatic heterocycles. The number of hydrogen-bond donors (Lipinski definition) is 0. The number of aryl methyl sites for hydroxylation is 3. The van der Waals surface area contributed by atoms with E-state index >= 15 is 0 Å². The number of hydrogen-bond acceptors (Lipinski definition) is 2. The first-order valence-electron chi connectivity index (χ1n) is 7.93. The van der Waals surface area contributed by atoms with E-state index in [0.717, 1.165) is 24.0 Å². The fourth-order valence-corrected chi connectivity index (χ4v) is 3.00. The van der Waals surface area contributed by atoms with Crippen LogP contribution in [0.4, 0.5) is 0 Å². The van der Waals surface area contributed by atoms with Gasteiger partial charge in [-0.15, -0.1) is 0 Å². The third kappa shape index (κ3) is 3.40. The smallest absolute Gasteiger partial charge is 0.145 e. The number of nitrogens with zero attached hydrogens (tertiary/aromatic N) is 3. The molecule has 0 saturated carbocycles. The molecule has 3 nitrogen and oxygen atoms in total. The summed E-state index contributed by atoms with van der Waals surface area (Å²) >= 11 is 6.19. The fourth-order valence-electron chi connectivity index (χ4n) is 2.73. The standard InChI is InChI=1S/C19H22ClN3/c1-13-21-17(20)16-10-12-23(18(16)22-13)11-9-14-5-7-15(8-6-14)19(2,3)4/h5-8,10,12H,9,11H2,1-4H3. The van der Waals surface area contributed by atoms with Gasteiger partial charge < -0.3 is 4.57 Å². The van der Waals surface area contributed by atoms with Crippen LogP contribution in [-0.2, 0) is 18.4 Å². The maximum absolute atomic E-state index is 6.19. The second-order valence-electron chi connectivity index (χ2n) is 7.00. The van der Waals surface area contributed by atoms with Gasteiger partial charge in [0.05, 0.1) is 5.39 Å². The Morgan fingerprint density at radius 1 is 1.04 bits per heavy atom. The molecule has 23 heavy (non-hydrogen) atoms. The van der Waals surface area contributed by atoms with Crippen molar-refractivity contribution in [3.8, 4) is 0 Å². The summed E-state index contributed by atoms with van der Waals surface area (Å²) in [7, 11) is 0. The molecular weight excluding hydrogens is 306 g/mol. The van der Waals surface area contributed by atoms with Gasteiger partial charge >= 0.3 is 0 Å². The van der Waals surface area contributed by atoms with Gasteiger partial charge in [0, 0.05) is 12.7 Å². The molecule has 0 saturated heterocycles. The minimum atomic E-state index is 0.195. The zero-order chi connectivity index (χ0) is 16.6. The topological polar surface area (TPSA) is 30.7 Å². The van der Waals surface area contributed by atoms with Crippen molar-refractivity contribution >= 4 is 22.6 Å². The Morgan fingerprint density at radius 2 is 1.74 bits per heavy atom. The highest BCUT2D eigenvalue weighted by molar-refractivity contribution is 6.33. The molecule has 0 aliphatic rings. The third-order valence-electron chi connectivity index (χ3n) is 4.15. The van der Waals surface area contributed by atoms with Crippen molar-refractivity contribution in [2.75, 3.05) is 0 Å². The Bertz CT molecular complexity index is 826. The van der Waals surface area contributed by atoms with Crippen LogP contribution >= 0.6 is 11.6 Å². The van der Waals surface area contributed by atoms with E-state index in [1.807, 2.05) is 19.2 Å². The lowest BCUT2D eigenvalue weighted by Gasteiger charge is -2.19. The summed E-state index contributed by atoms with van der Waals surface area (Å²) in [6.45, 7) is 9.46. The van der Waals surface area contributed by atoms with Crippen molar-refractivity contribution in [2.24, 2.45) is 0 Å². The van der Waals surface area contributed by atoms with Crippen molar-refractivity contribution in [3.05, 3.63) is 58.6 Å². The molecule has 0 N–H and O–H groups in total. The van der Waals surface area contributed by atoms with Crippen molar-refractivity contribution in [2.45, 2.75) is 46.1 Å². The number of aromatic nitrogens is 3. The van der Waals surface area contributed by atoms with Crippen LogP contribution in [0.25, 0.3) is 11.0 Å². The van der Waals surface area contributed by atoms with Gasteiger partial charge in [-0.3, -0.25) is 0 Å². The number of rotatable bonds is 3. The van der Waals surface area contributed by atoms with Gasteiger partial charge in [0.25, 0.3) is 0 Å². The quantitative estimate of drug-likeness (QED) is 0.638. The van der Waals surface area contributed by atoms with E-state index in [2.05, 4.69) is 59.6 Å². The summed E-state index contributed by atoms with van der Waals surface area (Å²) in [6.07, 6.45) is 3.00. The highest BCUT2D eigenvalue weighted by atomic mass is 35.5. The van der Waals surface area contributed by atoms with E-state index < -0.39 is 0 Å². The van der Waals surface area contributed by atoms with Gasteiger partial charge in [0.15, 0.2) is 0 Å². The third-order valence-corrected chi connectivity index (χ3v) is 4.43. The average Bonchev–Trinajstić information content (AvgIpc) is 2.88. The molecule has 1 aromatic carbocycles. The van der Waals surface area contributed by atoms with Crippen LogP contribution in [0.5, 0.6) is 0 Å². The predicted molar refractivity (Wildman–Crippen MR) is 96.1 cm³/mol. The van der Waals surface area contributed by atoms with Crippen molar-refractivity contribution in [3.63, 3.8) is 0 Å². The van der Waals surface area contributed by atoms with Crippen molar-refractivity contribution in [1.82, 2.24) is 14.5 Å². The molecular formula is C19H22ClN3. The molecule has 3 rings (SSSR count). The highest BCUT2D eigenvalue weighted by Crippen LogP contribution is 2.23.